The second kappa shape index (κ2) is 9.45. The van der Waals surface area contributed by atoms with Crippen molar-refractivity contribution in [2.24, 2.45) is 0 Å². The number of nitrogens with zero attached hydrogens (tertiary/aromatic N) is 1. The molecule has 3 aromatic carbocycles. The van der Waals surface area contributed by atoms with E-state index in [1.165, 1.54) is 12.1 Å². The van der Waals surface area contributed by atoms with Crippen molar-refractivity contribution >= 4 is 31.8 Å². The van der Waals surface area contributed by atoms with Gasteiger partial charge in [0.05, 0.1) is 10.6 Å². The smallest absolute Gasteiger partial charge is 0.326 e. The third-order valence-electron chi connectivity index (χ3n) is 5.33. The summed E-state index contributed by atoms with van der Waals surface area (Å²) in [6.45, 7) is -0.215. The van der Waals surface area contributed by atoms with Crippen LogP contribution in [-0.4, -0.2) is 40.9 Å². The van der Waals surface area contributed by atoms with Crippen LogP contribution in [0.2, 0.25) is 0 Å². The molecule has 3 aromatic rings. The number of nitrogens with one attached hydrogen (secondary N) is 2. The standard InChI is InChI=1S/C23H23N3O6S2/c27-22-15-17(8-13-21(22)26-16-23(28)25-34(26,31)32)5-4-14-24-33(29,30)20-11-9-19(10-12-20)18-6-2-1-3-7-18/h1-3,6-13,15,24,27H,4-5,14,16H2,(H,25,28). The molecule has 4 rings (SSSR count). The van der Waals surface area contributed by atoms with Crippen molar-refractivity contribution in [3.05, 3.63) is 78.4 Å². The molecule has 1 amide bonds. The van der Waals surface area contributed by atoms with Crippen LogP contribution >= 0.6 is 0 Å². The van der Waals surface area contributed by atoms with Crippen molar-refractivity contribution in [2.75, 3.05) is 17.4 Å². The normalized spacial score (nSPS) is 15.3. The number of sulfonamides is 1. The number of phenols is 1. The molecule has 1 heterocycles. The van der Waals surface area contributed by atoms with Gasteiger partial charge >= 0.3 is 10.2 Å². The van der Waals surface area contributed by atoms with Crippen LogP contribution in [0.4, 0.5) is 5.69 Å². The summed E-state index contributed by atoms with van der Waals surface area (Å²) in [5.41, 5.74) is 2.62. The van der Waals surface area contributed by atoms with Gasteiger partial charge in [-0.05, 0) is 53.8 Å². The average Bonchev–Trinajstić information content (AvgIpc) is 3.09. The van der Waals surface area contributed by atoms with E-state index in [1.807, 2.05) is 35.1 Å². The van der Waals surface area contributed by atoms with Gasteiger partial charge < -0.3 is 5.11 Å². The van der Waals surface area contributed by atoms with Gasteiger partial charge in [0.25, 0.3) is 5.91 Å². The van der Waals surface area contributed by atoms with Gasteiger partial charge in [-0.15, -0.1) is 0 Å². The van der Waals surface area contributed by atoms with Gasteiger partial charge in [0.2, 0.25) is 10.0 Å². The molecule has 0 radical (unpaired) electrons. The molecule has 1 aliphatic heterocycles. The summed E-state index contributed by atoms with van der Waals surface area (Å²) in [6.07, 6.45) is 0.912. The van der Waals surface area contributed by atoms with Crippen LogP contribution < -0.4 is 13.7 Å². The van der Waals surface area contributed by atoms with E-state index in [4.69, 9.17) is 0 Å². The van der Waals surface area contributed by atoms with E-state index in [0.29, 0.717) is 18.4 Å². The quantitative estimate of drug-likeness (QED) is 0.405. The number of aromatic hydroxyl groups is 1. The van der Waals surface area contributed by atoms with E-state index in [1.54, 1.807) is 30.3 Å². The summed E-state index contributed by atoms with van der Waals surface area (Å²) in [4.78, 5) is 11.6. The largest absolute Gasteiger partial charge is 0.506 e. The fraction of sp³-hybridized carbons (Fsp3) is 0.174. The van der Waals surface area contributed by atoms with E-state index < -0.39 is 32.7 Å². The highest BCUT2D eigenvalue weighted by molar-refractivity contribution is 7.92. The first kappa shape index (κ1) is 23.7. The van der Waals surface area contributed by atoms with Gasteiger partial charge in [0, 0.05) is 6.54 Å². The van der Waals surface area contributed by atoms with Crippen molar-refractivity contribution in [3.63, 3.8) is 0 Å². The zero-order valence-electron chi connectivity index (χ0n) is 18.0. The lowest BCUT2D eigenvalue weighted by Gasteiger charge is -2.16. The Labute approximate surface area is 198 Å². The highest BCUT2D eigenvalue weighted by atomic mass is 32.2. The third kappa shape index (κ3) is 5.22. The second-order valence-electron chi connectivity index (χ2n) is 7.75. The van der Waals surface area contributed by atoms with Gasteiger partial charge in [0.1, 0.15) is 12.3 Å². The zero-order valence-corrected chi connectivity index (χ0v) is 19.6. The molecule has 0 bridgehead atoms. The fourth-order valence-corrected chi connectivity index (χ4v) is 5.87. The number of carbonyl (C=O) groups is 1. The van der Waals surface area contributed by atoms with Crippen molar-refractivity contribution in [1.82, 2.24) is 9.44 Å². The molecule has 1 aliphatic rings. The van der Waals surface area contributed by atoms with Crippen LogP contribution in [0.1, 0.15) is 12.0 Å². The minimum atomic E-state index is -4.01. The lowest BCUT2D eigenvalue weighted by atomic mass is 10.1. The Morgan fingerprint density at radius 3 is 2.26 bits per heavy atom. The molecule has 0 spiro atoms. The number of rotatable bonds is 8. The van der Waals surface area contributed by atoms with Crippen LogP contribution in [-0.2, 0) is 31.4 Å². The Kier molecular flexibility index (Phi) is 6.60. The van der Waals surface area contributed by atoms with Gasteiger partial charge in [-0.1, -0.05) is 48.5 Å². The SMILES string of the molecule is O=C1CN(c2ccc(CCCNS(=O)(=O)c3ccc(-c4ccccc4)cc3)cc2O)S(=O)(=O)N1. The number of benzene rings is 3. The number of hydrogen-bond donors (Lipinski definition) is 3. The summed E-state index contributed by atoms with van der Waals surface area (Å²) in [7, 11) is -7.68. The molecule has 11 heteroatoms. The van der Waals surface area contributed by atoms with Gasteiger partial charge in [-0.25, -0.2) is 22.2 Å². The molecule has 0 aromatic heterocycles. The van der Waals surface area contributed by atoms with Crippen molar-refractivity contribution in [2.45, 2.75) is 17.7 Å². The molecule has 3 N–H and O–H groups in total. The van der Waals surface area contributed by atoms with Crippen molar-refractivity contribution in [3.8, 4) is 16.9 Å². The summed E-state index contributed by atoms with van der Waals surface area (Å²) >= 11 is 0. The molecular formula is C23H23N3O6S2. The number of phenolic OH excluding ortho intramolecular Hbond substituents is 1. The number of anilines is 1. The second-order valence-corrected chi connectivity index (χ2v) is 11.1. The molecule has 34 heavy (non-hydrogen) atoms. The molecule has 0 aliphatic carbocycles. The molecule has 0 saturated carbocycles. The minimum Gasteiger partial charge on any atom is -0.506 e. The predicted octanol–water partition coefficient (Wildman–Crippen LogP) is 2.15. The van der Waals surface area contributed by atoms with E-state index in [2.05, 4.69) is 4.72 Å². The maximum atomic E-state index is 12.6. The Hall–Kier alpha value is -3.41. The maximum absolute atomic E-state index is 12.6. The van der Waals surface area contributed by atoms with E-state index in [9.17, 15) is 26.7 Å². The Morgan fingerprint density at radius 2 is 1.65 bits per heavy atom. The van der Waals surface area contributed by atoms with Crippen LogP contribution in [0.3, 0.4) is 0 Å². The van der Waals surface area contributed by atoms with Crippen LogP contribution in [0.15, 0.2) is 77.7 Å². The highest BCUT2D eigenvalue weighted by Crippen LogP contribution is 2.31. The Morgan fingerprint density at radius 1 is 0.971 bits per heavy atom. The number of hydrogen-bond acceptors (Lipinski definition) is 6. The third-order valence-corrected chi connectivity index (χ3v) is 8.20. The van der Waals surface area contributed by atoms with Gasteiger partial charge in [-0.3, -0.25) is 4.79 Å². The molecule has 9 nitrogen and oxygen atoms in total. The molecular weight excluding hydrogens is 478 g/mol. The van der Waals surface area contributed by atoms with E-state index in [-0.39, 0.29) is 22.9 Å². The van der Waals surface area contributed by atoms with E-state index >= 15 is 0 Å². The zero-order chi connectivity index (χ0) is 24.3. The van der Waals surface area contributed by atoms with Crippen LogP contribution in [0.25, 0.3) is 11.1 Å². The van der Waals surface area contributed by atoms with Crippen molar-refractivity contribution < 1.29 is 26.7 Å². The first-order valence-corrected chi connectivity index (χ1v) is 13.4. The number of amides is 1. The molecule has 1 fully saturated rings. The average molecular weight is 502 g/mol. The van der Waals surface area contributed by atoms with Crippen molar-refractivity contribution in [1.29, 1.82) is 0 Å². The lowest BCUT2D eigenvalue weighted by Crippen LogP contribution is -2.29. The van der Waals surface area contributed by atoms with Gasteiger partial charge in [0.15, 0.2) is 0 Å². The Balaban J connectivity index is 1.33. The fourth-order valence-electron chi connectivity index (χ4n) is 3.64. The Bertz CT molecular complexity index is 1410. The summed E-state index contributed by atoms with van der Waals surface area (Å²) in [6, 6.07) is 20.8. The summed E-state index contributed by atoms with van der Waals surface area (Å²) in [5.74, 6) is -0.956. The molecule has 0 unspecified atom stereocenters. The van der Waals surface area contributed by atoms with Crippen LogP contribution in [0, 0.1) is 0 Å². The summed E-state index contributed by atoms with van der Waals surface area (Å²) in [5, 5.41) is 10.3. The maximum Gasteiger partial charge on any atom is 0.326 e. The number of carbonyl (C=O) groups excluding carboxylic acids is 1. The molecule has 0 atom stereocenters. The number of aryl methyl sites for hydroxylation is 1. The topological polar surface area (TPSA) is 133 Å². The first-order valence-electron chi connectivity index (χ1n) is 10.5. The van der Waals surface area contributed by atoms with Crippen LogP contribution in [0.5, 0.6) is 5.75 Å². The first-order chi connectivity index (χ1) is 16.2. The van der Waals surface area contributed by atoms with E-state index in [0.717, 1.165) is 15.4 Å². The van der Waals surface area contributed by atoms with Gasteiger partial charge in [-0.2, -0.15) is 8.42 Å². The predicted molar refractivity (Wildman–Crippen MR) is 128 cm³/mol. The minimum absolute atomic E-state index is 0.00162. The highest BCUT2D eigenvalue weighted by Gasteiger charge is 2.35. The monoisotopic (exact) mass is 501 g/mol. The lowest BCUT2D eigenvalue weighted by molar-refractivity contribution is -0.117. The summed E-state index contributed by atoms with van der Waals surface area (Å²) < 4.78 is 54.2. The molecule has 1 saturated heterocycles. The molecule has 178 valence electrons.